The van der Waals surface area contributed by atoms with Gasteiger partial charge in [-0.3, -0.25) is 9.78 Å². The third kappa shape index (κ3) is 4.89. The molecule has 2 heterocycles. The number of pyridine rings is 1. The van der Waals surface area contributed by atoms with E-state index in [0.29, 0.717) is 26.1 Å². The first kappa shape index (κ1) is 23.6. The second kappa shape index (κ2) is 9.66. The highest BCUT2D eigenvalue weighted by molar-refractivity contribution is 7.89. The molecular weight excluding hydrogens is 411 g/mol. The molecule has 1 aliphatic heterocycles. The van der Waals surface area contributed by atoms with Crippen molar-refractivity contribution in [3.63, 3.8) is 0 Å². The minimum Gasteiger partial charge on any atom is -0.340 e. The third-order valence-corrected chi connectivity index (χ3v) is 6.54. The highest BCUT2D eigenvalue weighted by atomic mass is 35.5. The molecule has 1 aromatic heterocycles. The summed E-state index contributed by atoms with van der Waals surface area (Å²) in [4.78, 5) is 17.8. The first-order valence-electron chi connectivity index (χ1n) is 8.27. The van der Waals surface area contributed by atoms with E-state index in [4.69, 9.17) is 5.73 Å². The Morgan fingerprint density at radius 2 is 1.96 bits per heavy atom. The molecule has 1 aliphatic rings. The smallest absolute Gasteiger partial charge is 0.243 e. The van der Waals surface area contributed by atoms with Crippen molar-refractivity contribution < 1.29 is 13.2 Å². The Morgan fingerprint density at radius 1 is 1.22 bits per heavy atom. The fraction of sp³-hybridized carbons (Fsp3) is 0.412. The summed E-state index contributed by atoms with van der Waals surface area (Å²) in [6, 6.07) is 6.53. The maximum absolute atomic E-state index is 13.1. The Kier molecular flexibility index (Phi) is 8.44. The Morgan fingerprint density at radius 3 is 2.67 bits per heavy atom. The van der Waals surface area contributed by atoms with Gasteiger partial charge in [-0.1, -0.05) is 6.07 Å². The summed E-state index contributed by atoms with van der Waals surface area (Å²) < 4.78 is 27.7. The van der Waals surface area contributed by atoms with Crippen LogP contribution in [0.25, 0.3) is 10.8 Å². The van der Waals surface area contributed by atoms with E-state index in [0.717, 1.165) is 10.8 Å². The molecule has 3 rings (SSSR count). The van der Waals surface area contributed by atoms with Gasteiger partial charge in [0, 0.05) is 43.5 Å². The van der Waals surface area contributed by atoms with Crippen LogP contribution in [0.1, 0.15) is 13.3 Å². The van der Waals surface area contributed by atoms with E-state index in [1.54, 1.807) is 41.6 Å². The molecule has 1 amide bonds. The second-order valence-corrected chi connectivity index (χ2v) is 8.14. The van der Waals surface area contributed by atoms with Gasteiger partial charge in [0.15, 0.2) is 0 Å². The molecule has 0 spiro atoms. The largest absolute Gasteiger partial charge is 0.340 e. The van der Waals surface area contributed by atoms with Crippen LogP contribution >= 0.6 is 24.8 Å². The van der Waals surface area contributed by atoms with Crippen LogP contribution in [0.4, 0.5) is 0 Å². The lowest BCUT2D eigenvalue weighted by molar-refractivity contribution is -0.129. The molecule has 1 aromatic carbocycles. The minimum absolute atomic E-state index is 0. The van der Waals surface area contributed by atoms with Gasteiger partial charge in [-0.25, -0.2) is 8.42 Å². The number of aromatic nitrogens is 1. The molecule has 1 atom stereocenters. The number of fused-ring (bicyclic) bond motifs is 1. The molecular formula is C17H24Cl2N4O3S. The number of hydrogen-bond donors (Lipinski definition) is 1. The van der Waals surface area contributed by atoms with Crippen LogP contribution in [-0.4, -0.2) is 60.7 Å². The molecule has 2 N–H and O–H groups in total. The summed E-state index contributed by atoms with van der Waals surface area (Å²) >= 11 is 0. The molecule has 1 unspecified atom stereocenters. The molecule has 0 aliphatic carbocycles. The molecule has 1 saturated heterocycles. The van der Waals surface area contributed by atoms with E-state index in [-0.39, 0.29) is 48.2 Å². The van der Waals surface area contributed by atoms with Gasteiger partial charge >= 0.3 is 0 Å². The normalized spacial score (nSPS) is 18.3. The quantitative estimate of drug-likeness (QED) is 0.791. The van der Waals surface area contributed by atoms with Gasteiger partial charge in [0.1, 0.15) is 0 Å². The van der Waals surface area contributed by atoms with Crippen LogP contribution in [-0.2, 0) is 14.8 Å². The van der Waals surface area contributed by atoms with Crippen LogP contribution in [0.3, 0.4) is 0 Å². The number of carbonyl (C=O) groups is 1. The summed E-state index contributed by atoms with van der Waals surface area (Å²) in [6.07, 6.45) is 3.94. The van der Waals surface area contributed by atoms with E-state index in [1.165, 1.54) is 4.31 Å². The maximum atomic E-state index is 13.1. The molecule has 0 saturated carbocycles. The van der Waals surface area contributed by atoms with Crippen LogP contribution in [0.15, 0.2) is 41.6 Å². The summed E-state index contributed by atoms with van der Waals surface area (Å²) in [5, 5.41) is 1.73. The lowest BCUT2D eigenvalue weighted by atomic mass is 10.2. The van der Waals surface area contributed by atoms with Crippen molar-refractivity contribution in [3.8, 4) is 0 Å². The number of nitrogens with zero attached hydrogens (tertiary/aromatic N) is 3. The van der Waals surface area contributed by atoms with Gasteiger partial charge < -0.3 is 10.6 Å². The molecule has 27 heavy (non-hydrogen) atoms. The SMILES string of the molecule is CC1CN(C(=O)CN)CCCN1S(=O)(=O)c1ccc2cnccc2c1.Cl.Cl. The molecule has 0 radical (unpaired) electrons. The first-order chi connectivity index (χ1) is 11.9. The van der Waals surface area contributed by atoms with Crippen molar-refractivity contribution in [2.24, 2.45) is 5.73 Å². The molecule has 2 aromatic rings. The van der Waals surface area contributed by atoms with Crippen LogP contribution < -0.4 is 5.73 Å². The van der Waals surface area contributed by atoms with Gasteiger partial charge in [0.25, 0.3) is 0 Å². The van der Waals surface area contributed by atoms with Gasteiger partial charge in [0.05, 0.1) is 11.4 Å². The standard InChI is InChI=1S/C17H22N4O3S.2ClH/c1-13-12-20(17(22)10-18)7-2-8-21(13)25(23,24)16-4-3-15-11-19-6-5-14(15)9-16;;/h3-6,9,11,13H,2,7-8,10,12,18H2,1H3;2*1H. The zero-order valence-electron chi connectivity index (χ0n) is 14.9. The number of benzene rings is 1. The van der Waals surface area contributed by atoms with Crippen molar-refractivity contribution in [1.82, 2.24) is 14.2 Å². The zero-order chi connectivity index (χ0) is 18.0. The Hall–Kier alpha value is -1.45. The molecule has 7 nitrogen and oxygen atoms in total. The number of sulfonamides is 1. The lowest BCUT2D eigenvalue weighted by Gasteiger charge is -2.28. The van der Waals surface area contributed by atoms with Gasteiger partial charge in [-0.15, -0.1) is 24.8 Å². The average Bonchev–Trinajstić information content (AvgIpc) is 2.82. The van der Waals surface area contributed by atoms with Gasteiger partial charge in [-0.05, 0) is 36.9 Å². The summed E-state index contributed by atoms with van der Waals surface area (Å²) in [6.45, 7) is 3.03. The maximum Gasteiger partial charge on any atom is 0.243 e. The fourth-order valence-electron chi connectivity index (χ4n) is 3.21. The minimum atomic E-state index is -3.64. The van der Waals surface area contributed by atoms with Gasteiger partial charge in [0.2, 0.25) is 15.9 Å². The van der Waals surface area contributed by atoms with E-state index in [1.807, 2.05) is 6.92 Å². The van der Waals surface area contributed by atoms with Crippen molar-refractivity contribution >= 4 is 51.5 Å². The van der Waals surface area contributed by atoms with Gasteiger partial charge in [-0.2, -0.15) is 4.31 Å². The number of rotatable bonds is 3. The van der Waals surface area contributed by atoms with Crippen molar-refractivity contribution in [2.45, 2.75) is 24.3 Å². The summed E-state index contributed by atoms with van der Waals surface area (Å²) in [7, 11) is -3.64. The predicted octanol–water partition coefficient (Wildman–Crippen LogP) is 1.65. The highest BCUT2D eigenvalue weighted by Gasteiger charge is 2.33. The topological polar surface area (TPSA) is 96.6 Å². The van der Waals surface area contributed by atoms with Crippen molar-refractivity contribution in [3.05, 3.63) is 36.7 Å². The van der Waals surface area contributed by atoms with Crippen LogP contribution in [0, 0.1) is 0 Å². The number of hydrogen-bond acceptors (Lipinski definition) is 5. The Balaban J connectivity index is 0.00000182. The predicted molar refractivity (Wildman–Crippen MR) is 110 cm³/mol. The summed E-state index contributed by atoms with van der Waals surface area (Å²) in [5.74, 6) is -0.149. The molecule has 10 heteroatoms. The second-order valence-electron chi connectivity index (χ2n) is 6.25. The number of nitrogens with two attached hydrogens (primary N) is 1. The lowest BCUT2D eigenvalue weighted by Crippen LogP contribution is -2.45. The third-order valence-electron chi connectivity index (χ3n) is 4.53. The average molecular weight is 435 g/mol. The highest BCUT2D eigenvalue weighted by Crippen LogP contribution is 2.24. The van der Waals surface area contributed by atoms with Crippen molar-refractivity contribution in [1.29, 1.82) is 0 Å². The number of amides is 1. The van der Waals surface area contributed by atoms with Crippen molar-refractivity contribution in [2.75, 3.05) is 26.2 Å². The van der Waals surface area contributed by atoms with Crippen LogP contribution in [0.5, 0.6) is 0 Å². The number of carbonyl (C=O) groups excluding carboxylic acids is 1. The van der Waals surface area contributed by atoms with E-state index in [2.05, 4.69) is 4.98 Å². The molecule has 1 fully saturated rings. The summed E-state index contributed by atoms with van der Waals surface area (Å²) in [5.41, 5.74) is 5.44. The monoisotopic (exact) mass is 434 g/mol. The molecule has 150 valence electrons. The Labute approximate surface area is 171 Å². The van der Waals surface area contributed by atoms with Crippen LogP contribution in [0.2, 0.25) is 0 Å². The van der Waals surface area contributed by atoms with E-state index < -0.39 is 10.0 Å². The van der Waals surface area contributed by atoms with E-state index in [9.17, 15) is 13.2 Å². The van der Waals surface area contributed by atoms with E-state index >= 15 is 0 Å². The fourth-order valence-corrected chi connectivity index (χ4v) is 4.91. The number of halogens is 2. The zero-order valence-corrected chi connectivity index (χ0v) is 17.4. The molecule has 0 bridgehead atoms. The Bertz CT molecular complexity index is 895. The first-order valence-corrected chi connectivity index (χ1v) is 9.71.